The van der Waals surface area contributed by atoms with Gasteiger partial charge in [0.2, 0.25) is 0 Å². The molecule has 0 aliphatic carbocycles. The number of benzene rings is 1. The summed E-state index contributed by atoms with van der Waals surface area (Å²) in [6, 6.07) is 7.66. The van der Waals surface area contributed by atoms with Crippen LogP contribution in [0.3, 0.4) is 0 Å². The van der Waals surface area contributed by atoms with Crippen molar-refractivity contribution < 1.29 is 9.53 Å². The van der Waals surface area contributed by atoms with Crippen LogP contribution in [0.5, 0.6) is 5.75 Å². The zero-order valence-corrected chi connectivity index (χ0v) is 13.5. The largest absolute Gasteiger partial charge is 0.493 e. The van der Waals surface area contributed by atoms with Gasteiger partial charge in [-0.25, -0.2) is 0 Å². The van der Waals surface area contributed by atoms with Gasteiger partial charge in [0, 0.05) is 0 Å². The fraction of sp³-hybridized carbons (Fsp3) is 0.611. The van der Waals surface area contributed by atoms with Crippen molar-refractivity contribution >= 4 is 5.78 Å². The average molecular weight is 289 g/mol. The Morgan fingerprint density at radius 2 is 1.90 bits per heavy atom. The molecule has 0 bridgehead atoms. The number of Topliss-reactive ketones (excluding diaryl/α,β-unsaturated/α-hetero) is 1. The highest BCUT2D eigenvalue weighted by atomic mass is 16.5. The summed E-state index contributed by atoms with van der Waals surface area (Å²) in [6.07, 6.45) is 4.15. The van der Waals surface area contributed by atoms with Gasteiger partial charge in [-0.05, 0) is 57.8 Å². The third-order valence-corrected chi connectivity index (χ3v) is 4.57. The standard InChI is InChI=1S/C18H27NO2/c1-4-14-21-16-11-7-6-10-15(16)17(20)18(3,5-2)19-12-8-9-13-19/h6-7,10-11H,4-5,8-9,12-14H2,1-3H3. The van der Waals surface area contributed by atoms with Gasteiger partial charge in [0.05, 0.1) is 17.7 Å². The quantitative estimate of drug-likeness (QED) is 0.712. The van der Waals surface area contributed by atoms with Crippen LogP contribution >= 0.6 is 0 Å². The predicted octanol–water partition coefficient (Wildman–Crippen LogP) is 3.92. The van der Waals surface area contributed by atoms with Gasteiger partial charge in [0.1, 0.15) is 5.75 Å². The first-order valence-electron chi connectivity index (χ1n) is 8.15. The second-order valence-electron chi connectivity index (χ2n) is 6.00. The van der Waals surface area contributed by atoms with Gasteiger partial charge >= 0.3 is 0 Å². The zero-order chi connectivity index (χ0) is 15.3. The third-order valence-electron chi connectivity index (χ3n) is 4.57. The maximum atomic E-state index is 13.1. The lowest BCUT2D eigenvalue weighted by Gasteiger charge is -2.37. The summed E-state index contributed by atoms with van der Waals surface area (Å²) < 4.78 is 5.77. The van der Waals surface area contributed by atoms with Crippen molar-refractivity contribution in [3.8, 4) is 5.75 Å². The van der Waals surface area contributed by atoms with Gasteiger partial charge in [-0.15, -0.1) is 0 Å². The van der Waals surface area contributed by atoms with Gasteiger partial charge in [-0.2, -0.15) is 0 Å². The molecule has 1 aromatic carbocycles. The van der Waals surface area contributed by atoms with Crippen molar-refractivity contribution in [2.45, 2.75) is 52.0 Å². The average Bonchev–Trinajstić information content (AvgIpc) is 3.06. The van der Waals surface area contributed by atoms with Crippen molar-refractivity contribution in [3.63, 3.8) is 0 Å². The minimum atomic E-state index is -0.415. The smallest absolute Gasteiger partial charge is 0.186 e. The summed E-state index contributed by atoms with van der Waals surface area (Å²) in [7, 11) is 0. The van der Waals surface area contributed by atoms with E-state index in [9.17, 15) is 4.79 Å². The van der Waals surface area contributed by atoms with Gasteiger partial charge in [-0.3, -0.25) is 9.69 Å². The third kappa shape index (κ3) is 3.29. The Morgan fingerprint density at radius 3 is 2.52 bits per heavy atom. The minimum absolute atomic E-state index is 0.193. The fourth-order valence-electron chi connectivity index (χ4n) is 3.02. The molecule has 1 saturated heterocycles. The molecular weight excluding hydrogens is 262 g/mol. The van der Waals surface area contributed by atoms with E-state index in [0.29, 0.717) is 6.61 Å². The number of carbonyl (C=O) groups excluding carboxylic acids is 1. The monoisotopic (exact) mass is 289 g/mol. The van der Waals surface area contributed by atoms with E-state index in [1.54, 1.807) is 0 Å². The second kappa shape index (κ2) is 7.08. The predicted molar refractivity (Wildman–Crippen MR) is 86.1 cm³/mol. The molecule has 0 radical (unpaired) electrons. The molecule has 1 fully saturated rings. The number of likely N-dealkylation sites (tertiary alicyclic amines) is 1. The molecule has 1 atom stereocenters. The van der Waals surface area contributed by atoms with Crippen LogP contribution in [0.25, 0.3) is 0 Å². The molecule has 1 aliphatic rings. The Morgan fingerprint density at radius 1 is 1.24 bits per heavy atom. The van der Waals surface area contributed by atoms with Crippen molar-refractivity contribution in [2.24, 2.45) is 0 Å². The van der Waals surface area contributed by atoms with Gasteiger partial charge in [0.25, 0.3) is 0 Å². The molecule has 3 nitrogen and oxygen atoms in total. The zero-order valence-electron chi connectivity index (χ0n) is 13.5. The summed E-state index contributed by atoms with van der Waals surface area (Å²) in [5, 5.41) is 0. The van der Waals surface area contributed by atoms with Crippen molar-refractivity contribution in [2.75, 3.05) is 19.7 Å². The van der Waals surface area contributed by atoms with E-state index in [-0.39, 0.29) is 5.78 Å². The lowest BCUT2D eigenvalue weighted by molar-refractivity contribution is 0.0643. The van der Waals surface area contributed by atoms with Gasteiger partial charge in [0.15, 0.2) is 5.78 Å². The Labute approximate surface area is 128 Å². The van der Waals surface area contributed by atoms with Crippen molar-refractivity contribution in [1.82, 2.24) is 4.90 Å². The highest BCUT2D eigenvalue weighted by molar-refractivity contribution is 6.05. The number of hydrogen-bond acceptors (Lipinski definition) is 3. The molecule has 116 valence electrons. The number of rotatable bonds is 7. The van der Waals surface area contributed by atoms with Crippen LogP contribution in [0, 0.1) is 0 Å². The van der Waals surface area contributed by atoms with E-state index in [2.05, 4.69) is 25.7 Å². The Bertz CT molecular complexity index is 480. The van der Waals surface area contributed by atoms with Crippen molar-refractivity contribution in [3.05, 3.63) is 29.8 Å². The number of carbonyl (C=O) groups is 1. The highest BCUT2D eigenvalue weighted by Crippen LogP contribution is 2.31. The molecule has 0 N–H and O–H groups in total. The fourth-order valence-corrected chi connectivity index (χ4v) is 3.02. The summed E-state index contributed by atoms with van der Waals surface area (Å²) >= 11 is 0. The molecule has 0 saturated carbocycles. The maximum absolute atomic E-state index is 13.1. The van der Waals surface area contributed by atoms with E-state index >= 15 is 0 Å². The molecule has 0 aromatic heterocycles. The number of ether oxygens (including phenoxy) is 1. The van der Waals surface area contributed by atoms with E-state index in [0.717, 1.165) is 37.2 Å². The number of nitrogens with zero attached hydrogens (tertiary/aromatic N) is 1. The van der Waals surface area contributed by atoms with E-state index < -0.39 is 5.54 Å². The minimum Gasteiger partial charge on any atom is -0.493 e. The molecule has 1 aromatic rings. The Balaban J connectivity index is 2.28. The summed E-state index contributed by atoms with van der Waals surface area (Å²) in [6.45, 7) is 8.95. The van der Waals surface area contributed by atoms with E-state index in [1.165, 1.54) is 12.8 Å². The lowest BCUT2D eigenvalue weighted by atomic mass is 9.86. The van der Waals surface area contributed by atoms with Crippen LogP contribution in [0.1, 0.15) is 56.8 Å². The van der Waals surface area contributed by atoms with Gasteiger partial charge in [-0.1, -0.05) is 26.0 Å². The summed E-state index contributed by atoms with van der Waals surface area (Å²) in [5.74, 6) is 0.918. The van der Waals surface area contributed by atoms with E-state index in [1.807, 2.05) is 24.3 Å². The SMILES string of the molecule is CCCOc1ccccc1C(=O)C(C)(CC)N1CCCC1. The Hall–Kier alpha value is -1.35. The maximum Gasteiger partial charge on any atom is 0.186 e. The first-order valence-corrected chi connectivity index (χ1v) is 8.15. The summed E-state index contributed by atoms with van der Waals surface area (Å²) in [4.78, 5) is 15.5. The van der Waals surface area contributed by atoms with Crippen LogP contribution in [-0.4, -0.2) is 35.9 Å². The number of para-hydroxylation sites is 1. The molecule has 21 heavy (non-hydrogen) atoms. The topological polar surface area (TPSA) is 29.5 Å². The molecule has 0 spiro atoms. The summed E-state index contributed by atoms with van der Waals surface area (Å²) in [5.41, 5.74) is 0.310. The normalized spacial score (nSPS) is 18.4. The number of ketones is 1. The first kappa shape index (κ1) is 16.0. The van der Waals surface area contributed by atoms with Gasteiger partial charge < -0.3 is 4.74 Å². The molecule has 1 unspecified atom stereocenters. The molecule has 0 amide bonds. The van der Waals surface area contributed by atoms with Crippen LogP contribution in [0.4, 0.5) is 0 Å². The number of hydrogen-bond donors (Lipinski definition) is 0. The molecule has 3 heteroatoms. The van der Waals surface area contributed by atoms with Crippen LogP contribution < -0.4 is 4.74 Å². The van der Waals surface area contributed by atoms with Crippen LogP contribution in [0.2, 0.25) is 0 Å². The molecule has 2 rings (SSSR count). The Kier molecular flexibility index (Phi) is 5.40. The molecule has 1 heterocycles. The lowest BCUT2D eigenvalue weighted by Crippen LogP contribution is -2.50. The molecular formula is C18H27NO2. The highest BCUT2D eigenvalue weighted by Gasteiger charge is 2.40. The molecule has 1 aliphatic heterocycles. The van der Waals surface area contributed by atoms with E-state index in [4.69, 9.17) is 4.74 Å². The second-order valence-corrected chi connectivity index (χ2v) is 6.00. The van der Waals surface area contributed by atoms with Crippen LogP contribution in [0.15, 0.2) is 24.3 Å². The van der Waals surface area contributed by atoms with Crippen LogP contribution in [-0.2, 0) is 0 Å². The van der Waals surface area contributed by atoms with Crippen molar-refractivity contribution in [1.29, 1.82) is 0 Å². The first-order chi connectivity index (χ1) is 10.1.